The Hall–Kier alpha value is -1.80. The number of anilines is 2. The van der Waals surface area contributed by atoms with Gasteiger partial charge in [-0.25, -0.2) is 5.43 Å². The van der Waals surface area contributed by atoms with Crippen molar-refractivity contribution in [2.75, 3.05) is 5.01 Å². The minimum atomic E-state index is 0.587. The van der Waals surface area contributed by atoms with Gasteiger partial charge in [-0.1, -0.05) is 55.7 Å². The highest BCUT2D eigenvalue weighted by Crippen LogP contribution is 2.25. The fraction of sp³-hybridized carbons (Fsp3) is 0.333. The molecule has 0 aromatic heterocycles. The van der Waals surface area contributed by atoms with E-state index in [1.807, 2.05) is 0 Å². The van der Waals surface area contributed by atoms with Crippen molar-refractivity contribution in [1.29, 1.82) is 0 Å². The molecule has 0 spiro atoms. The van der Waals surface area contributed by atoms with Crippen LogP contribution in [0.25, 0.3) is 0 Å². The average Bonchev–Trinajstić information content (AvgIpc) is 2.55. The molecule has 2 nitrogen and oxygen atoms in total. The van der Waals surface area contributed by atoms with E-state index in [0.29, 0.717) is 6.04 Å². The van der Waals surface area contributed by atoms with E-state index in [1.54, 1.807) is 0 Å². The van der Waals surface area contributed by atoms with Crippen LogP contribution in [0.15, 0.2) is 60.7 Å². The summed E-state index contributed by atoms with van der Waals surface area (Å²) in [7, 11) is 0. The van der Waals surface area contributed by atoms with Crippen LogP contribution < -0.4 is 10.4 Å². The van der Waals surface area contributed by atoms with E-state index in [9.17, 15) is 0 Å². The van der Waals surface area contributed by atoms with Gasteiger partial charge < -0.3 is 0 Å². The number of para-hydroxylation sites is 2. The van der Waals surface area contributed by atoms with Gasteiger partial charge in [-0.2, -0.15) is 0 Å². The Morgan fingerprint density at radius 2 is 1.20 bits per heavy atom. The van der Waals surface area contributed by atoms with Crippen LogP contribution in [0.4, 0.5) is 11.4 Å². The van der Waals surface area contributed by atoms with Gasteiger partial charge in [0.1, 0.15) is 0 Å². The summed E-state index contributed by atoms with van der Waals surface area (Å²) in [4.78, 5) is 0. The Kier molecular flexibility index (Phi) is 4.34. The van der Waals surface area contributed by atoms with Crippen LogP contribution in [-0.4, -0.2) is 6.04 Å². The summed E-state index contributed by atoms with van der Waals surface area (Å²) >= 11 is 0. The molecule has 20 heavy (non-hydrogen) atoms. The quantitative estimate of drug-likeness (QED) is 0.809. The summed E-state index contributed by atoms with van der Waals surface area (Å²) in [5.41, 5.74) is 6.12. The molecule has 104 valence electrons. The molecule has 1 aliphatic carbocycles. The topological polar surface area (TPSA) is 15.3 Å². The molecule has 3 rings (SSSR count). The van der Waals surface area contributed by atoms with Crippen LogP contribution >= 0.6 is 0 Å². The van der Waals surface area contributed by atoms with Crippen LogP contribution in [-0.2, 0) is 0 Å². The summed E-state index contributed by atoms with van der Waals surface area (Å²) in [5.74, 6) is 0. The molecule has 0 amide bonds. The van der Waals surface area contributed by atoms with E-state index in [0.717, 1.165) is 0 Å². The van der Waals surface area contributed by atoms with Gasteiger partial charge in [-0.3, -0.25) is 5.01 Å². The first-order chi connectivity index (χ1) is 9.93. The molecule has 1 aliphatic rings. The van der Waals surface area contributed by atoms with Gasteiger partial charge in [0.15, 0.2) is 0 Å². The molecule has 2 aromatic carbocycles. The fourth-order valence-corrected chi connectivity index (χ4v) is 2.87. The Balaban J connectivity index is 1.83. The highest BCUT2D eigenvalue weighted by Gasteiger charge is 2.17. The lowest BCUT2D eigenvalue weighted by Gasteiger charge is -2.32. The lowest BCUT2D eigenvalue weighted by Crippen LogP contribution is -2.42. The minimum absolute atomic E-state index is 0.587. The van der Waals surface area contributed by atoms with Gasteiger partial charge in [0.05, 0.1) is 11.4 Å². The van der Waals surface area contributed by atoms with Gasteiger partial charge in [0.2, 0.25) is 0 Å². The summed E-state index contributed by atoms with van der Waals surface area (Å²) in [6.07, 6.45) is 6.62. The SMILES string of the molecule is c1ccc(N(NC2CCCCC2)c2ccccc2)cc1. The van der Waals surface area contributed by atoms with Crippen molar-refractivity contribution in [3.05, 3.63) is 60.7 Å². The lowest BCUT2D eigenvalue weighted by atomic mass is 9.96. The van der Waals surface area contributed by atoms with E-state index < -0.39 is 0 Å². The number of rotatable bonds is 4. The predicted octanol–water partition coefficient (Wildman–Crippen LogP) is 4.66. The van der Waals surface area contributed by atoms with Crippen LogP contribution in [0.3, 0.4) is 0 Å². The number of nitrogens with one attached hydrogen (secondary N) is 1. The zero-order valence-corrected chi connectivity index (χ0v) is 11.8. The minimum Gasteiger partial charge on any atom is -0.277 e. The molecule has 2 heteroatoms. The summed E-state index contributed by atoms with van der Waals surface area (Å²) < 4.78 is 0. The second-order valence-corrected chi connectivity index (χ2v) is 5.47. The van der Waals surface area contributed by atoms with E-state index >= 15 is 0 Å². The predicted molar refractivity (Wildman–Crippen MR) is 85.0 cm³/mol. The first-order valence-corrected chi connectivity index (χ1v) is 7.60. The van der Waals surface area contributed by atoms with Crippen molar-refractivity contribution < 1.29 is 0 Å². The molecule has 0 unspecified atom stereocenters. The van der Waals surface area contributed by atoms with Gasteiger partial charge in [0.25, 0.3) is 0 Å². The highest BCUT2D eigenvalue weighted by molar-refractivity contribution is 5.61. The van der Waals surface area contributed by atoms with Gasteiger partial charge >= 0.3 is 0 Å². The molecule has 1 saturated carbocycles. The van der Waals surface area contributed by atoms with Crippen molar-refractivity contribution in [2.24, 2.45) is 0 Å². The van der Waals surface area contributed by atoms with Crippen molar-refractivity contribution in [1.82, 2.24) is 5.43 Å². The molecule has 0 bridgehead atoms. The third-order valence-electron chi connectivity index (χ3n) is 3.95. The van der Waals surface area contributed by atoms with Crippen molar-refractivity contribution in [2.45, 2.75) is 38.1 Å². The van der Waals surface area contributed by atoms with E-state index in [4.69, 9.17) is 0 Å². The fourth-order valence-electron chi connectivity index (χ4n) is 2.87. The Labute approximate surface area is 121 Å². The highest BCUT2D eigenvalue weighted by atomic mass is 15.5. The van der Waals surface area contributed by atoms with Crippen LogP contribution in [0.1, 0.15) is 32.1 Å². The second-order valence-electron chi connectivity index (χ2n) is 5.47. The molecule has 1 N–H and O–H groups in total. The Morgan fingerprint density at radius 1 is 0.700 bits per heavy atom. The van der Waals surface area contributed by atoms with Gasteiger partial charge in [-0.05, 0) is 37.1 Å². The maximum atomic E-state index is 3.72. The molecule has 0 radical (unpaired) electrons. The monoisotopic (exact) mass is 266 g/mol. The molecular weight excluding hydrogens is 244 g/mol. The van der Waals surface area contributed by atoms with Crippen LogP contribution in [0.5, 0.6) is 0 Å². The second kappa shape index (κ2) is 6.58. The number of nitrogens with zero attached hydrogens (tertiary/aromatic N) is 1. The smallest absolute Gasteiger partial charge is 0.0577 e. The van der Waals surface area contributed by atoms with Gasteiger partial charge in [0, 0.05) is 6.04 Å². The molecule has 2 aromatic rings. The van der Waals surface area contributed by atoms with E-state index in [1.165, 1.54) is 43.5 Å². The molecule has 0 atom stereocenters. The molecular formula is C18H22N2. The first-order valence-electron chi connectivity index (χ1n) is 7.60. The average molecular weight is 266 g/mol. The summed E-state index contributed by atoms with van der Waals surface area (Å²) in [6.45, 7) is 0. The molecule has 0 saturated heterocycles. The standard InChI is InChI=1S/C18H22N2/c1-4-10-16(11-5-1)19-20(17-12-6-2-7-13-17)18-14-8-3-9-15-18/h2-3,6-9,12-16,19H,1,4-5,10-11H2. The van der Waals surface area contributed by atoms with Crippen molar-refractivity contribution in [3.8, 4) is 0 Å². The zero-order chi connectivity index (χ0) is 13.6. The molecule has 0 heterocycles. The van der Waals surface area contributed by atoms with Crippen LogP contribution in [0.2, 0.25) is 0 Å². The van der Waals surface area contributed by atoms with Gasteiger partial charge in [-0.15, -0.1) is 0 Å². The Bertz CT molecular complexity index is 464. The van der Waals surface area contributed by atoms with Crippen LogP contribution in [0, 0.1) is 0 Å². The summed E-state index contributed by atoms with van der Waals surface area (Å²) in [5, 5.41) is 2.23. The third-order valence-corrected chi connectivity index (χ3v) is 3.95. The normalized spacial score (nSPS) is 16.0. The maximum absolute atomic E-state index is 3.72. The third kappa shape index (κ3) is 3.20. The molecule has 0 aliphatic heterocycles. The number of benzene rings is 2. The number of hydrogen-bond donors (Lipinski definition) is 1. The first kappa shape index (κ1) is 13.2. The Morgan fingerprint density at radius 3 is 1.70 bits per heavy atom. The molecule has 1 fully saturated rings. The number of hydrogen-bond acceptors (Lipinski definition) is 2. The zero-order valence-electron chi connectivity index (χ0n) is 11.8. The van der Waals surface area contributed by atoms with E-state index in [-0.39, 0.29) is 0 Å². The van der Waals surface area contributed by atoms with E-state index in [2.05, 4.69) is 71.1 Å². The van der Waals surface area contributed by atoms with Crippen molar-refractivity contribution >= 4 is 11.4 Å². The maximum Gasteiger partial charge on any atom is 0.0577 e. The lowest BCUT2D eigenvalue weighted by molar-refractivity contribution is 0.376. The van der Waals surface area contributed by atoms with Crippen molar-refractivity contribution in [3.63, 3.8) is 0 Å². The largest absolute Gasteiger partial charge is 0.277 e. The summed E-state index contributed by atoms with van der Waals surface area (Å²) in [6, 6.07) is 21.7. The number of hydrazine groups is 1.